The van der Waals surface area contributed by atoms with E-state index in [0.29, 0.717) is 30.2 Å². The van der Waals surface area contributed by atoms with Gasteiger partial charge in [0.2, 0.25) is 0 Å². The van der Waals surface area contributed by atoms with Gasteiger partial charge < -0.3 is 5.32 Å². The molecule has 0 aliphatic carbocycles. The number of nitrogens with one attached hydrogen (secondary N) is 2. The number of fused-ring (bicyclic) bond motifs is 1. The van der Waals surface area contributed by atoms with Gasteiger partial charge in [-0.1, -0.05) is 0 Å². The molecule has 0 bridgehead atoms. The Labute approximate surface area is 122 Å². The molecule has 0 amide bonds. The van der Waals surface area contributed by atoms with Crippen LogP contribution in [0.15, 0.2) is 0 Å². The molecule has 1 saturated heterocycles. The average molecular weight is 312 g/mol. The zero-order chi connectivity index (χ0) is 14.2. The fourth-order valence-corrected chi connectivity index (χ4v) is 5.34. The van der Waals surface area contributed by atoms with Gasteiger partial charge >= 0.3 is 10.2 Å². The molecule has 0 unspecified atom stereocenters. The maximum Gasteiger partial charge on any atom is 0.302 e. The Morgan fingerprint density at radius 1 is 1.35 bits per heavy atom. The molecular formula is C12H16N4O2S2. The van der Waals surface area contributed by atoms with Crippen molar-refractivity contribution in [1.29, 1.82) is 5.26 Å². The van der Waals surface area contributed by atoms with Crippen LogP contribution in [0.4, 0.5) is 5.00 Å². The van der Waals surface area contributed by atoms with Crippen molar-refractivity contribution < 1.29 is 8.42 Å². The Balaban J connectivity index is 1.91. The first-order valence-corrected chi connectivity index (χ1v) is 8.91. The average Bonchev–Trinajstić information content (AvgIpc) is 3.05. The number of nitrogens with zero attached hydrogens (tertiary/aromatic N) is 2. The molecule has 6 nitrogen and oxygen atoms in total. The summed E-state index contributed by atoms with van der Waals surface area (Å²) in [4.78, 5) is 1.06. The second-order valence-electron chi connectivity index (χ2n) is 4.96. The summed E-state index contributed by atoms with van der Waals surface area (Å²) in [5.74, 6) is 0. The molecule has 108 valence electrons. The normalized spacial score (nSPS) is 19.6. The van der Waals surface area contributed by atoms with E-state index in [1.807, 2.05) is 0 Å². The van der Waals surface area contributed by atoms with Crippen LogP contribution in [0.2, 0.25) is 0 Å². The summed E-state index contributed by atoms with van der Waals surface area (Å²) in [5.41, 5.74) is 1.49. The van der Waals surface area contributed by atoms with Gasteiger partial charge in [0.15, 0.2) is 0 Å². The van der Waals surface area contributed by atoms with E-state index in [1.165, 1.54) is 15.6 Å². The molecule has 1 aromatic heterocycles. The van der Waals surface area contributed by atoms with E-state index in [1.54, 1.807) is 0 Å². The lowest BCUT2D eigenvalue weighted by atomic mass is 10.1. The summed E-state index contributed by atoms with van der Waals surface area (Å²) < 4.78 is 28.6. The Hall–Kier alpha value is -1.14. The van der Waals surface area contributed by atoms with Crippen molar-refractivity contribution in [2.24, 2.45) is 0 Å². The topological polar surface area (TPSA) is 85.2 Å². The zero-order valence-electron chi connectivity index (χ0n) is 11.0. The number of anilines is 1. The summed E-state index contributed by atoms with van der Waals surface area (Å²) in [6.45, 7) is 2.66. The van der Waals surface area contributed by atoms with E-state index in [2.05, 4.69) is 16.1 Å². The Bertz CT molecular complexity index is 654. The van der Waals surface area contributed by atoms with Crippen LogP contribution in [-0.4, -0.2) is 32.4 Å². The van der Waals surface area contributed by atoms with Crippen molar-refractivity contribution in [3.05, 3.63) is 16.0 Å². The van der Waals surface area contributed by atoms with Gasteiger partial charge in [0, 0.05) is 24.5 Å². The second-order valence-corrected chi connectivity index (χ2v) is 7.74. The number of hydrogen-bond acceptors (Lipinski definition) is 5. The lowest BCUT2D eigenvalue weighted by Gasteiger charge is -2.16. The molecule has 0 aromatic carbocycles. The molecule has 0 spiro atoms. The molecule has 2 aliphatic heterocycles. The van der Waals surface area contributed by atoms with Crippen LogP contribution in [0.5, 0.6) is 0 Å². The molecule has 20 heavy (non-hydrogen) atoms. The summed E-state index contributed by atoms with van der Waals surface area (Å²) in [5, 5.41) is 13.0. The summed E-state index contributed by atoms with van der Waals surface area (Å²) in [6.07, 6.45) is 2.58. The molecule has 3 rings (SSSR count). The van der Waals surface area contributed by atoms with Crippen LogP contribution in [0.25, 0.3) is 0 Å². The van der Waals surface area contributed by atoms with Gasteiger partial charge in [-0.05, 0) is 31.4 Å². The first-order chi connectivity index (χ1) is 9.62. The maximum atomic E-state index is 12.3. The lowest BCUT2D eigenvalue weighted by Crippen LogP contribution is -2.33. The molecule has 2 aliphatic rings. The Morgan fingerprint density at radius 3 is 2.80 bits per heavy atom. The molecule has 1 fully saturated rings. The third-order valence-corrected chi connectivity index (χ3v) is 6.45. The smallest absolute Gasteiger partial charge is 0.302 e. The van der Waals surface area contributed by atoms with Crippen molar-refractivity contribution in [3.63, 3.8) is 0 Å². The van der Waals surface area contributed by atoms with Gasteiger partial charge in [-0.3, -0.25) is 4.72 Å². The highest BCUT2D eigenvalue weighted by Gasteiger charge is 2.28. The van der Waals surface area contributed by atoms with Gasteiger partial charge in [0.05, 0.1) is 5.56 Å². The summed E-state index contributed by atoms with van der Waals surface area (Å²) >= 11 is 1.37. The number of nitriles is 1. The highest BCUT2D eigenvalue weighted by Crippen LogP contribution is 2.35. The largest absolute Gasteiger partial charge is 0.312 e. The van der Waals surface area contributed by atoms with Crippen molar-refractivity contribution >= 4 is 26.5 Å². The minimum Gasteiger partial charge on any atom is -0.312 e. The minimum atomic E-state index is -3.52. The summed E-state index contributed by atoms with van der Waals surface area (Å²) in [6, 6.07) is 2.15. The van der Waals surface area contributed by atoms with Crippen molar-refractivity contribution in [2.75, 3.05) is 24.4 Å². The number of thiophene rings is 1. The van der Waals surface area contributed by atoms with Crippen LogP contribution in [0.3, 0.4) is 0 Å². The Morgan fingerprint density at radius 2 is 2.10 bits per heavy atom. The maximum absolute atomic E-state index is 12.3. The van der Waals surface area contributed by atoms with Gasteiger partial charge in [0.25, 0.3) is 0 Å². The molecule has 2 N–H and O–H groups in total. The van der Waals surface area contributed by atoms with E-state index in [9.17, 15) is 13.7 Å². The first-order valence-electron chi connectivity index (χ1n) is 6.65. The van der Waals surface area contributed by atoms with Crippen LogP contribution < -0.4 is 10.0 Å². The molecule has 0 radical (unpaired) electrons. The molecule has 3 heterocycles. The second kappa shape index (κ2) is 5.33. The van der Waals surface area contributed by atoms with Crippen molar-refractivity contribution in [1.82, 2.24) is 9.62 Å². The van der Waals surface area contributed by atoms with E-state index in [-0.39, 0.29) is 0 Å². The molecular weight excluding hydrogens is 296 g/mol. The van der Waals surface area contributed by atoms with Gasteiger partial charge in [-0.2, -0.15) is 18.0 Å². The van der Waals surface area contributed by atoms with Crippen LogP contribution in [0.1, 0.15) is 28.8 Å². The number of rotatable bonds is 3. The van der Waals surface area contributed by atoms with Crippen molar-refractivity contribution in [2.45, 2.75) is 25.8 Å². The first kappa shape index (κ1) is 13.8. The molecule has 0 atom stereocenters. The minimum absolute atomic E-state index is 0.466. The van der Waals surface area contributed by atoms with E-state index < -0.39 is 10.2 Å². The monoisotopic (exact) mass is 312 g/mol. The van der Waals surface area contributed by atoms with E-state index >= 15 is 0 Å². The molecule has 0 saturated carbocycles. The predicted octanol–water partition coefficient (Wildman–Crippen LogP) is 1.02. The standard InChI is InChI=1S/C12H16N4O2S2/c13-7-10-9-3-4-14-8-11(9)19-12(10)15-20(17,18)16-5-1-2-6-16/h14-15H,1-6,8H2. The van der Waals surface area contributed by atoms with Gasteiger partial charge in [-0.15, -0.1) is 11.3 Å². The fourth-order valence-electron chi connectivity index (χ4n) is 2.64. The Kier molecular flexibility index (Phi) is 3.69. The van der Waals surface area contributed by atoms with Gasteiger partial charge in [-0.25, -0.2) is 0 Å². The molecule has 1 aromatic rings. The van der Waals surface area contributed by atoms with Gasteiger partial charge in [0.1, 0.15) is 11.1 Å². The zero-order valence-corrected chi connectivity index (χ0v) is 12.6. The summed E-state index contributed by atoms with van der Waals surface area (Å²) in [7, 11) is -3.52. The van der Waals surface area contributed by atoms with Crippen molar-refractivity contribution in [3.8, 4) is 6.07 Å². The van der Waals surface area contributed by atoms with E-state index in [4.69, 9.17) is 0 Å². The van der Waals surface area contributed by atoms with Crippen LogP contribution in [-0.2, 0) is 23.2 Å². The van der Waals surface area contributed by atoms with E-state index in [0.717, 1.165) is 36.2 Å². The predicted molar refractivity (Wildman–Crippen MR) is 77.8 cm³/mol. The van der Waals surface area contributed by atoms with Crippen LogP contribution in [0, 0.1) is 11.3 Å². The molecule has 8 heteroatoms. The quantitative estimate of drug-likeness (QED) is 0.872. The fraction of sp³-hybridized carbons (Fsp3) is 0.583. The van der Waals surface area contributed by atoms with Crippen LogP contribution >= 0.6 is 11.3 Å². The SMILES string of the molecule is N#Cc1c(NS(=O)(=O)N2CCCC2)sc2c1CCNC2. The third kappa shape index (κ3) is 2.42. The number of hydrogen-bond donors (Lipinski definition) is 2. The highest BCUT2D eigenvalue weighted by atomic mass is 32.2. The lowest BCUT2D eigenvalue weighted by molar-refractivity contribution is 0.483. The highest BCUT2D eigenvalue weighted by molar-refractivity contribution is 7.90. The third-order valence-electron chi connectivity index (χ3n) is 3.67.